The number of nitrogens with zero attached hydrogens (tertiary/aromatic N) is 3. The molecule has 5 heteroatoms. The summed E-state index contributed by atoms with van der Waals surface area (Å²) in [6.45, 7) is 0. The van der Waals surface area contributed by atoms with E-state index in [1.807, 2.05) is 46.9 Å². The Kier molecular flexibility index (Phi) is 4.20. The highest BCUT2D eigenvalue weighted by atomic mass is 16.5. The van der Waals surface area contributed by atoms with Gasteiger partial charge in [0, 0.05) is 5.56 Å². The fourth-order valence-electron chi connectivity index (χ4n) is 4.15. The van der Waals surface area contributed by atoms with Crippen LogP contribution in [0.5, 0.6) is 11.5 Å². The quantitative estimate of drug-likeness (QED) is 0.520. The van der Waals surface area contributed by atoms with Gasteiger partial charge in [0.05, 0.1) is 5.69 Å². The molecule has 140 valence electrons. The molecule has 0 saturated heterocycles. The van der Waals surface area contributed by atoms with Crippen LogP contribution in [0.2, 0.25) is 0 Å². The Morgan fingerprint density at radius 3 is 2.36 bits per heavy atom. The third-order valence-corrected chi connectivity index (χ3v) is 5.53. The molecule has 5 nitrogen and oxygen atoms in total. The van der Waals surface area contributed by atoms with E-state index in [1.165, 1.54) is 31.2 Å². The number of rotatable bonds is 4. The van der Waals surface area contributed by atoms with Crippen molar-refractivity contribution in [3.8, 4) is 22.8 Å². The molecule has 0 atom stereocenters. The van der Waals surface area contributed by atoms with E-state index in [0.717, 1.165) is 28.4 Å². The molecule has 1 fully saturated rings. The van der Waals surface area contributed by atoms with E-state index in [4.69, 9.17) is 10.5 Å². The van der Waals surface area contributed by atoms with Crippen molar-refractivity contribution in [3.05, 3.63) is 72.6 Å². The first kappa shape index (κ1) is 16.8. The number of aromatic nitrogens is 3. The van der Waals surface area contributed by atoms with Gasteiger partial charge in [-0.25, -0.2) is 9.97 Å². The highest BCUT2D eigenvalue weighted by molar-refractivity contribution is 5.71. The molecule has 0 bridgehead atoms. The predicted molar refractivity (Wildman–Crippen MR) is 111 cm³/mol. The molecular weight excluding hydrogens is 348 g/mol. The molecule has 4 aromatic rings. The van der Waals surface area contributed by atoms with Gasteiger partial charge in [-0.05, 0) is 66.8 Å². The highest BCUT2D eigenvalue weighted by Gasteiger charge is 2.24. The zero-order valence-corrected chi connectivity index (χ0v) is 15.6. The van der Waals surface area contributed by atoms with Crippen molar-refractivity contribution in [2.75, 3.05) is 5.73 Å². The van der Waals surface area contributed by atoms with Gasteiger partial charge >= 0.3 is 0 Å². The lowest BCUT2D eigenvalue weighted by atomic mass is 9.99. The molecule has 1 aliphatic carbocycles. The van der Waals surface area contributed by atoms with Gasteiger partial charge in [-0.2, -0.15) is 0 Å². The van der Waals surface area contributed by atoms with Crippen LogP contribution in [0.3, 0.4) is 0 Å². The number of fused-ring (bicyclic) bond motifs is 1. The number of benzene rings is 2. The van der Waals surface area contributed by atoms with Gasteiger partial charge in [0.25, 0.3) is 0 Å². The Balaban J connectivity index is 1.53. The van der Waals surface area contributed by atoms with Crippen LogP contribution in [-0.4, -0.2) is 14.4 Å². The van der Waals surface area contributed by atoms with Crippen molar-refractivity contribution >= 4 is 11.6 Å². The van der Waals surface area contributed by atoms with Gasteiger partial charge in [-0.15, -0.1) is 0 Å². The lowest BCUT2D eigenvalue weighted by Crippen LogP contribution is -2.03. The minimum absolute atomic E-state index is 0.467. The maximum Gasteiger partial charge on any atom is 0.207 e. The minimum Gasteiger partial charge on any atom is -0.457 e. The lowest BCUT2D eigenvalue weighted by Gasteiger charge is -2.08. The number of anilines is 1. The van der Waals surface area contributed by atoms with E-state index in [1.54, 1.807) is 6.33 Å². The van der Waals surface area contributed by atoms with Gasteiger partial charge in [0.2, 0.25) is 5.95 Å². The second kappa shape index (κ2) is 7.00. The summed E-state index contributed by atoms with van der Waals surface area (Å²) in [4.78, 5) is 8.77. The van der Waals surface area contributed by atoms with Crippen LogP contribution in [0.1, 0.15) is 37.2 Å². The zero-order valence-electron chi connectivity index (χ0n) is 15.6. The summed E-state index contributed by atoms with van der Waals surface area (Å²) >= 11 is 0. The maximum absolute atomic E-state index is 6.23. The maximum atomic E-state index is 6.23. The highest BCUT2D eigenvalue weighted by Crippen LogP contribution is 2.39. The zero-order chi connectivity index (χ0) is 18.9. The largest absolute Gasteiger partial charge is 0.457 e. The summed E-state index contributed by atoms with van der Waals surface area (Å²) in [7, 11) is 0. The third kappa shape index (κ3) is 2.99. The van der Waals surface area contributed by atoms with E-state index in [2.05, 4.69) is 28.2 Å². The third-order valence-electron chi connectivity index (χ3n) is 5.53. The molecule has 2 aromatic carbocycles. The molecular formula is C23H22N4O. The Labute approximate surface area is 163 Å². The summed E-state index contributed by atoms with van der Waals surface area (Å²) in [6.07, 6.45) is 6.55. The van der Waals surface area contributed by atoms with Gasteiger partial charge < -0.3 is 10.5 Å². The summed E-state index contributed by atoms with van der Waals surface area (Å²) in [5.74, 6) is 2.65. The molecule has 2 aromatic heterocycles. The van der Waals surface area contributed by atoms with Crippen LogP contribution in [0.4, 0.5) is 5.95 Å². The van der Waals surface area contributed by atoms with Crippen molar-refractivity contribution in [1.82, 2.24) is 14.4 Å². The molecule has 0 amide bonds. The minimum atomic E-state index is 0.467. The Morgan fingerprint density at radius 1 is 0.893 bits per heavy atom. The lowest BCUT2D eigenvalue weighted by molar-refractivity contribution is 0.483. The molecule has 0 unspecified atom stereocenters. The monoisotopic (exact) mass is 370 g/mol. The Hall–Kier alpha value is -3.34. The van der Waals surface area contributed by atoms with E-state index >= 15 is 0 Å². The van der Waals surface area contributed by atoms with Gasteiger partial charge in [0.1, 0.15) is 23.5 Å². The fourth-order valence-corrected chi connectivity index (χ4v) is 4.15. The molecule has 0 spiro atoms. The van der Waals surface area contributed by atoms with E-state index < -0.39 is 0 Å². The molecule has 1 aliphatic rings. The first-order chi connectivity index (χ1) is 13.8. The predicted octanol–water partition coefficient (Wildman–Crippen LogP) is 5.43. The Morgan fingerprint density at radius 2 is 1.61 bits per heavy atom. The average Bonchev–Trinajstić information content (AvgIpc) is 3.38. The summed E-state index contributed by atoms with van der Waals surface area (Å²) in [5.41, 5.74) is 10.5. The summed E-state index contributed by atoms with van der Waals surface area (Å²) in [5, 5.41) is 0. The molecule has 0 aliphatic heterocycles. The number of hydrogen-bond donors (Lipinski definition) is 1. The second-order valence-electron chi connectivity index (χ2n) is 7.30. The Bertz CT molecular complexity index is 1100. The summed E-state index contributed by atoms with van der Waals surface area (Å²) in [6, 6.07) is 20.1. The van der Waals surface area contributed by atoms with E-state index in [9.17, 15) is 0 Å². The smallest absolute Gasteiger partial charge is 0.207 e. The SMILES string of the molecule is Nc1ncnc2c(C3CCCC3)cc(-c3ccc(Oc4ccccc4)cc3)n12. The number of para-hydroxylation sites is 1. The van der Waals surface area contributed by atoms with Crippen molar-refractivity contribution in [2.24, 2.45) is 0 Å². The van der Waals surface area contributed by atoms with Crippen LogP contribution < -0.4 is 10.5 Å². The molecule has 2 N–H and O–H groups in total. The molecule has 28 heavy (non-hydrogen) atoms. The first-order valence-corrected chi connectivity index (χ1v) is 9.75. The second-order valence-corrected chi connectivity index (χ2v) is 7.30. The molecule has 0 radical (unpaired) electrons. The number of ether oxygens (including phenoxy) is 1. The van der Waals surface area contributed by atoms with Gasteiger partial charge in [0.15, 0.2) is 0 Å². The van der Waals surface area contributed by atoms with Crippen molar-refractivity contribution < 1.29 is 4.74 Å². The van der Waals surface area contributed by atoms with Crippen molar-refractivity contribution in [1.29, 1.82) is 0 Å². The standard InChI is InChI=1S/C23H22N4O/c24-23-26-15-25-22-20(16-6-4-5-7-16)14-21(27(22)23)17-10-12-19(13-11-17)28-18-8-2-1-3-9-18/h1-3,8-16H,4-7H2,(H2,24,25,26). The molecule has 2 heterocycles. The van der Waals surface area contributed by atoms with Gasteiger partial charge in [-0.1, -0.05) is 31.0 Å². The van der Waals surface area contributed by atoms with Crippen LogP contribution >= 0.6 is 0 Å². The number of nitrogens with two attached hydrogens (primary N) is 1. The fraction of sp³-hybridized carbons (Fsp3) is 0.217. The summed E-state index contributed by atoms with van der Waals surface area (Å²) < 4.78 is 7.88. The number of nitrogen functional groups attached to an aromatic ring is 1. The normalized spacial score (nSPS) is 14.6. The van der Waals surface area contributed by atoms with E-state index in [-0.39, 0.29) is 0 Å². The van der Waals surface area contributed by atoms with Crippen LogP contribution in [0.25, 0.3) is 16.9 Å². The van der Waals surface area contributed by atoms with Crippen molar-refractivity contribution in [2.45, 2.75) is 31.6 Å². The van der Waals surface area contributed by atoms with Crippen LogP contribution in [-0.2, 0) is 0 Å². The average molecular weight is 370 g/mol. The first-order valence-electron chi connectivity index (χ1n) is 9.75. The molecule has 1 saturated carbocycles. The van der Waals surface area contributed by atoms with Gasteiger partial charge in [-0.3, -0.25) is 4.40 Å². The topological polar surface area (TPSA) is 65.4 Å². The molecule has 5 rings (SSSR count). The van der Waals surface area contributed by atoms with Crippen LogP contribution in [0, 0.1) is 0 Å². The van der Waals surface area contributed by atoms with Crippen molar-refractivity contribution in [3.63, 3.8) is 0 Å². The number of hydrogen-bond acceptors (Lipinski definition) is 4. The van der Waals surface area contributed by atoms with E-state index in [0.29, 0.717) is 11.9 Å². The van der Waals surface area contributed by atoms with Crippen LogP contribution in [0.15, 0.2) is 67.0 Å².